The van der Waals surface area contributed by atoms with Gasteiger partial charge in [0.25, 0.3) is 5.56 Å². The van der Waals surface area contributed by atoms with Crippen LogP contribution in [-0.4, -0.2) is 22.1 Å². The fraction of sp³-hybridized carbons (Fsp3) is 0.120. The average Bonchev–Trinajstić information content (AvgIpc) is 3.13. The van der Waals surface area contributed by atoms with Crippen LogP contribution in [0.25, 0.3) is 16.9 Å². The highest BCUT2D eigenvalue weighted by atomic mass is 19.1. The lowest BCUT2D eigenvalue weighted by Crippen LogP contribution is -2.19. The SMILES string of the molecule is CCOc1ccccc1N=C(C)c1c(-c2ccccc2)[nH]n(-c2ccc(F)cc2)c1=O. The Morgan fingerprint density at radius 2 is 1.68 bits per heavy atom. The van der Waals surface area contributed by atoms with Crippen molar-refractivity contribution in [2.75, 3.05) is 6.61 Å². The van der Waals surface area contributed by atoms with E-state index in [2.05, 4.69) is 5.10 Å². The van der Waals surface area contributed by atoms with Gasteiger partial charge in [-0.05, 0) is 50.2 Å². The second-order valence-corrected chi connectivity index (χ2v) is 6.94. The quantitative estimate of drug-likeness (QED) is 0.422. The summed E-state index contributed by atoms with van der Waals surface area (Å²) >= 11 is 0. The molecular formula is C25H22FN3O2. The number of aromatic nitrogens is 2. The van der Waals surface area contributed by atoms with Crippen LogP contribution in [0.15, 0.2) is 88.6 Å². The maximum Gasteiger partial charge on any atom is 0.280 e. The summed E-state index contributed by atoms with van der Waals surface area (Å²) in [5.74, 6) is 0.289. The van der Waals surface area contributed by atoms with Crippen LogP contribution in [0.1, 0.15) is 19.4 Å². The number of aromatic amines is 1. The summed E-state index contributed by atoms with van der Waals surface area (Å²) < 4.78 is 20.5. The summed E-state index contributed by atoms with van der Waals surface area (Å²) in [6.45, 7) is 4.23. The third-order valence-electron chi connectivity index (χ3n) is 4.85. The minimum Gasteiger partial charge on any atom is -0.492 e. The normalized spacial score (nSPS) is 11.5. The van der Waals surface area contributed by atoms with Crippen molar-refractivity contribution in [1.82, 2.24) is 9.78 Å². The molecule has 4 aromatic rings. The Morgan fingerprint density at radius 1 is 1.00 bits per heavy atom. The average molecular weight is 415 g/mol. The third-order valence-corrected chi connectivity index (χ3v) is 4.85. The van der Waals surface area contributed by atoms with E-state index in [0.717, 1.165) is 5.56 Å². The van der Waals surface area contributed by atoms with Gasteiger partial charge in [-0.15, -0.1) is 0 Å². The Hall–Kier alpha value is -3.93. The molecule has 5 nitrogen and oxygen atoms in total. The molecule has 0 fully saturated rings. The zero-order valence-electron chi connectivity index (χ0n) is 17.3. The fourth-order valence-electron chi connectivity index (χ4n) is 3.42. The fourth-order valence-corrected chi connectivity index (χ4v) is 3.42. The van der Waals surface area contributed by atoms with Crippen LogP contribution in [0, 0.1) is 5.82 Å². The number of hydrogen-bond acceptors (Lipinski definition) is 3. The molecule has 0 amide bonds. The first kappa shape index (κ1) is 20.3. The molecule has 0 aliphatic rings. The van der Waals surface area contributed by atoms with E-state index in [1.165, 1.54) is 16.8 Å². The van der Waals surface area contributed by atoms with Gasteiger partial charge >= 0.3 is 0 Å². The lowest BCUT2D eigenvalue weighted by atomic mass is 10.1. The van der Waals surface area contributed by atoms with Gasteiger partial charge in [-0.25, -0.2) is 14.1 Å². The zero-order valence-corrected chi connectivity index (χ0v) is 17.3. The highest BCUT2D eigenvalue weighted by Gasteiger charge is 2.19. The van der Waals surface area contributed by atoms with E-state index in [0.29, 0.717) is 40.7 Å². The molecule has 1 heterocycles. The predicted molar refractivity (Wildman–Crippen MR) is 121 cm³/mol. The number of para-hydroxylation sites is 2. The molecule has 0 unspecified atom stereocenters. The first-order valence-electron chi connectivity index (χ1n) is 10.0. The summed E-state index contributed by atoms with van der Waals surface area (Å²) in [7, 11) is 0. The number of halogens is 1. The summed E-state index contributed by atoms with van der Waals surface area (Å²) in [6.07, 6.45) is 0. The van der Waals surface area contributed by atoms with Crippen molar-refractivity contribution >= 4 is 11.4 Å². The van der Waals surface area contributed by atoms with Crippen LogP contribution in [0.2, 0.25) is 0 Å². The van der Waals surface area contributed by atoms with Crippen molar-refractivity contribution in [3.05, 3.63) is 101 Å². The summed E-state index contributed by atoms with van der Waals surface area (Å²) in [5.41, 5.74) is 3.41. The molecule has 1 N–H and O–H groups in total. The Morgan fingerprint density at radius 3 is 2.39 bits per heavy atom. The van der Waals surface area contributed by atoms with Crippen LogP contribution in [0.5, 0.6) is 5.75 Å². The lowest BCUT2D eigenvalue weighted by molar-refractivity contribution is 0.341. The maximum atomic E-state index is 13.4. The molecular weight excluding hydrogens is 393 g/mol. The van der Waals surface area contributed by atoms with Gasteiger partial charge in [0.1, 0.15) is 17.3 Å². The van der Waals surface area contributed by atoms with Crippen LogP contribution in [-0.2, 0) is 0 Å². The van der Waals surface area contributed by atoms with Crippen molar-refractivity contribution in [1.29, 1.82) is 0 Å². The van der Waals surface area contributed by atoms with Crippen LogP contribution >= 0.6 is 0 Å². The highest BCUT2D eigenvalue weighted by Crippen LogP contribution is 2.29. The molecule has 6 heteroatoms. The molecule has 31 heavy (non-hydrogen) atoms. The molecule has 0 aliphatic carbocycles. The maximum absolute atomic E-state index is 13.4. The Labute approximate surface area is 179 Å². The molecule has 4 rings (SSSR count). The highest BCUT2D eigenvalue weighted by molar-refractivity contribution is 6.05. The topological polar surface area (TPSA) is 59.4 Å². The van der Waals surface area contributed by atoms with Crippen molar-refractivity contribution in [2.45, 2.75) is 13.8 Å². The standard InChI is InChI=1S/C25H22FN3O2/c1-3-31-22-12-8-7-11-21(22)27-17(2)23-24(18-9-5-4-6-10-18)28-29(25(23)30)20-15-13-19(26)14-16-20/h4-16,28H,3H2,1-2H3. The van der Waals surface area contributed by atoms with Gasteiger partial charge in [0.15, 0.2) is 0 Å². The molecule has 0 spiro atoms. The number of ether oxygens (including phenoxy) is 1. The van der Waals surface area contributed by atoms with Crippen molar-refractivity contribution in [3.63, 3.8) is 0 Å². The molecule has 1 aromatic heterocycles. The minimum absolute atomic E-state index is 0.263. The smallest absolute Gasteiger partial charge is 0.280 e. The Kier molecular flexibility index (Phi) is 5.80. The molecule has 0 atom stereocenters. The van der Waals surface area contributed by atoms with Crippen molar-refractivity contribution in [2.24, 2.45) is 4.99 Å². The van der Waals surface area contributed by atoms with Gasteiger partial charge in [-0.2, -0.15) is 0 Å². The van der Waals surface area contributed by atoms with E-state index >= 15 is 0 Å². The first-order chi connectivity index (χ1) is 15.1. The lowest BCUT2D eigenvalue weighted by Gasteiger charge is -2.07. The van der Waals surface area contributed by atoms with Crippen LogP contribution in [0.4, 0.5) is 10.1 Å². The number of nitrogens with one attached hydrogen (secondary N) is 1. The number of aliphatic imine (C=N–C) groups is 1. The van der Waals surface area contributed by atoms with Gasteiger partial charge in [0.05, 0.1) is 29.3 Å². The van der Waals surface area contributed by atoms with Gasteiger partial charge in [-0.3, -0.25) is 9.89 Å². The molecule has 3 aromatic carbocycles. The van der Waals surface area contributed by atoms with Gasteiger partial charge in [0, 0.05) is 5.56 Å². The van der Waals surface area contributed by atoms with Gasteiger partial charge in [0.2, 0.25) is 0 Å². The third kappa shape index (κ3) is 4.19. The molecule has 0 bridgehead atoms. The number of hydrogen-bond donors (Lipinski definition) is 1. The number of benzene rings is 3. The van der Waals surface area contributed by atoms with E-state index in [4.69, 9.17) is 9.73 Å². The van der Waals surface area contributed by atoms with E-state index in [1.54, 1.807) is 19.1 Å². The summed E-state index contributed by atoms with van der Waals surface area (Å²) in [5, 5.41) is 3.18. The minimum atomic E-state index is -0.364. The van der Waals surface area contributed by atoms with E-state index in [1.807, 2.05) is 61.5 Å². The van der Waals surface area contributed by atoms with E-state index in [9.17, 15) is 9.18 Å². The van der Waals surface area contributed by atoms with Crippen molar-refractivity contribution in [3.8, 4) is 22.7 Å². The van der Waals surface area contributed by atoms with Gasteiger partial charge in [-0.1, -0.05) is 42.5 Å². The molecule has 0 saturated carbocycles. The van der Waals surface area contributed by atoms with Crippen molar-refractivity contribution < 1.29 is 9.13 Å². The molecule has 0 aliphatic heterocycles. The Balaban J connectivity index is 1.90. The largest absolute Gasteiger partial charge is 0.492 e. The predicted octanol–water partition coefficient (Wildman–Crippen LogP) is 5.51. The second-order valence-electron chi connectivity index (χ2n) is 6.94. The first-order valence-corrected chi connectivity index (χ1v) is 10.0. The second kappa shape index (κ2) is 8.83. The zero-order chi connectivity index (χ0) is 21.8. The van der Waals surface area contributed by atoms with Crippen LogP contribution < -0.4 is 10.3 Å². The van der Waals surface area contributed by atoms with E-state index < -0.39 is 0 Å². The summed E-state index contributed by atoms with van der Waals surface area (Å²) in [4.78, 5) is 18.1. The number of nitrogens with zero attached hydrogens (tertiary/aromatic N) is 2. The van der Waals surface area contributed by atoms with Crippen LogP contribution in [0.3, 0.4) is 0 Å². The molecule has 0 saturated heterocycles. The number of rotatable bonds is 6. The van der Waals surface area contributed by atoms with Gasteiger partial charge < -0.3 is 4.74 Å². The summed E-state index contributed by atoms with van der Waals surface area (Å²) in [6, 6.07) is 22.8. The molecule has 156 valence electrons. The Bertz CT molecular complexity index is 1270. The van der Waals surface area contributed by atoms with E-state index in [-0.39, 0.29) is 11.4 Å². The number of H-pyrrole nitrogens is 1. The monoisotopic (exact) mass is 415 g/mol. The molecule has 0 radical (unpaired) electrons.